The van der Waals surface area contributed by atoms with Crippen molar-refractivity contribution in [3.05, 3.63) is 52.0 Å². The predicted molar refractivity (Wildman–Crippen MR) is 115 cm³/mol. The molecule has 2 aliphatic heterocycles. The van der Waals surface area contributed by atoms with Gasteiger partial charge in [0, 0.05) is 11.0 Å². The maximum Gasteiger partial charge on any atom is 0.161 e. The molecule has 1 fully saturated rings. The summed E-state index contributed by atoms with van der Waals surface area (Å²) in [7, 11) is 1.73. The number of halogens is 1. The van der Waals surface area contributed by atoms with Crippen LogP contribution in [0, 0.1) is 5.92 Å². The lowest BCUT2D eigenvalue weighted by molar-refractivity contribution is 0.171. The lowest BCUT2D eigenvalue weighted by Gasteiger charge is -2.32. The highest BCUT2D eigenvalue weighted by Gasteiger charge is 2.20. The summed E-state index contributed by atoms with van der Waals surface area (Å²) in [6.45, 7) is 4.75. The van der Waals surface area contributed by atoms with Crippen LogP contribution in [0.5, 0.6) is 17.2 Å². The number of fused-ring (bicyclic) bond motifs is 1. The quantitative estimate of drug-likeness (QED) is 0.642. The Bertz CT molecular complexity index is 802. The Balaban J connectivity index is 1.25. The van der Waals surface area contributed by atoms with Gasteiger partial charge < -0.3 is 19.1 Å². The highest BCUT2D eigenvalue weighted by molar-refractivity contribution is 9.10. The molecule has 5 heteroatoms. The maximum atomic E-state index is 5.70. The topological polar surface area (TPSA) is 30.9 Å². The van der Waals surface area contributed by atoms with Gasteiger partial charge in [-0.2, -0.15) is 0 Å². The Morgan fingerprint density at radius 3 is 2.61 bits per heavy atom. The molecule has 0 saturated carbocycles. The van der Waals surface area contributed by atoms with E-state index in [9.17, 15) is 0 Å². The Hall–Kier alpha value is -1.72. The van der Waals surface area contributed by atoms with Gasteiger partial charge in [0.15, 0.2) is 11.5 Å². The number of nitrogens with zero attached hydrogens (tertiary/aromatic N) is 1. The summed E-state index contributed by atoms with van der Waals surface area (Å²) in [4.78, 5) is 2.59. The van der Waals surface area contributed by atoms with E-state index in [1.54, 1.807) is 7.11 Å². The molecule has 0 atom stereocenters. The van der Waals surface area contributed by atoms with Crippen LogP contribution in [0.3, 0.4) is 0 Å². The van der Waals surface area contributed by atoms with Gasteiger partial charge in [0.1, 0.15) is 19.0 Å². The number of piperidine rings is 1. The Labute approximate surface area is 175 Å². The van der Waals surface area contributed by atoms with Crippen LogP contribution < -0.4 is 14.2 Å². The number of hydrogen-bond acceptors (Lipinski definition) is 4. The molecule has 0 unspecified atom stereocenters. The Kier molecular flexibility index (Phi) is 6.43. The molecule has 1 saturated heterocycles. The summed E-state index contributed by atoms with van der Waals surface area (Å²) in [6, 6.07) is 12.6. The average molecular weight is 446 g/mol. The predicted octanol–water partition coefficient (Wildman–Crippen LogP) is 4.73. The summed E-state index contributed by atoms with van der Waals surface area (Å²) in [5.74, 6) is 3.45. The second-order valence-electron chi connectivity index (χ2n) is 7.67. The van der Waals surface area contributed by atoms with Crippen LogP contribution in [-0.2, 0) is 12.8 Å². The number of benzene rings is 2. The minimum atomic E-state index is 0.646. The Morgan fingerprint density at radius 1 is 1.04 bits per heavy atom. The molecule has 0 amide bonds. The van der Waals surface area contributed by atoms with E-state index in [4.69, 9.17) is 14.2 Å². The SMILES string of the molecule is COc1ccc(Br)c(CC2CCN(CCc3ccc4c(c3)OCCO4)CC2)c1. The van der Waals surface area contributed by atoms with Crippen LogP contribution in [0.4, 0.5) is 0 Å². The van der Waals surface area contributed by atoms with E-state index in [1.165, 1.54) is 41.5 Å². The summed E-state index contributed by atoms with van der Waals surface area (Å²) in [5, 5.41) is 0. The van der Waals surface area contributed by atoms with Gasteiger partial charge in [-0.1, -0.05) is 22.0 Å². The Morgan fingerprint density at radius 2 is 1.82 bits per heavy atom. The molecule has 0 spiro atoms. The van der Waals surface area contributed by atoms with Gasteiger partial charge in [-0.15, -0.1) is 0 Å². The average Bonchev–Trinajstić information content (AvgIpc) is 2.74. The van der Waals surface area contributed by atoms with E-state index < -0.39 is 0 Å². The van der Waals surface area contributed by atoms with Gasteiger partial charge in [-0.25, -0.2) is 0 Å². The fourth-order valence-corrected chi connectivity index (χ4v) is 4.50. The van der Waals surface area contributed by atoms with Crippen LogP contribution >= 0.6 is 15.9 Å². The van der Waals surface area contributed by atoms with Gasteiger partial charge in [0.2, 0.25) is 0 Å². The van der Waals surface area contributed by atoms with Crippen molar-refractivity contribution < 1.29 is 14.2 Å². The summed E-state index contributed by atoms with van der Waals surface area (Å²) < 4.78 is 17.9. The summed E-state index contributed by atoms with van der Waals surface area (Å²) in [6.07, 6.45) is 4.69. The summed E-state index contributed by atoms with van der Waals surface area (Å²) >= 11 is 3.69. The van der Waals surface area contributed by atoms with Crippen LogP contribution in [0.15, 0.2) is 40.9 Å². The molecule has 0 aliphatic carbocycles. The molecule has 0 radical (unpaired) electrons. The zero-order valence-electron chi connectivity index (χ0n) is 16.5. The molecule has 2 aliphatic rings. The van der Waals surface area contributed by atoms with Crippen molar-refractivity contribution >= 4 is 15.9 Å². The summed E-state index contributed by atoms with van der Waals surface area (Å²) in [5.41, 5.74) is 2.68. The van der Waals surface area contributed by atoms with Gasteiger partial charge in [0.25, 0.3) is 0 Å². The molecule has 4 rings (SSSR count). The number of hydrogen-bond donors (Lipinski definition) is 0. The van der Waals surface area contributed by atoms with E-state index >= 15 is 0 Å². The van der Waals surface area contributed by atoms with Crippen LogP contribution in [0.1, 0.15) is 24.0 Å². The molecule has 0 bridgehead atoms. The normalized spacial score (nSPS) is 17.5. The maximum absolute atomic E-state index is 5.70. The number of likely N-dealkylation sites (tertiary alicyclic amines) is 1. The molecular formula is C23H28BrNO3. The van der Waals surface area contributed by atoms with Gasteiger partial charge in [-0.3, -0.25) is 0 Å². The number of methoxy groups -OCH3 is 1. The van der Waals surface area contributed by atoms with Crippen LogP contribution in [0.25, 0.3) is 0 Å². The molecule has 2 aromatic carbocycles. The smallest absolute Gasteiger partial charge is 0.161 e. The van der Waals surface area contributed by atoms with E-state index in [0.29, 0.717) is 13.2 Å². The fraction of sp³-hybridized carbons (Fsp3) is 0.478. The van der Waals surface area contributed by atoms with Gasteiger partial charge in [0.05, 0.1) is 7.11 Å². The largest absolute Gasteiger partial charge is 0.497 e. The van der Waals surface area contributed by atoms with E-state index in [2.05, 4.69) is 45.1 Å². The zero-order valence-corrected chi connectivity index (χ0v) is 18.0. The first-order valence-electron chi connectivity index (χ1n) is 10.1. The minimum absolute atomic E-state index is 0.646. The van der Waals surface area contributed by atoms with Crippen molar-refractivity contribution in [2.75, 3.05) is 40.0 Å². The van der Waals surface area contributed by atoms with Crippen molar-refractivity contribution in [3.63, 3.8) is 0 Å². The van der Waals surface area contributed by atoms with Crippen molar-refractivity contribution in [2.45, 2.75) is 25.7 Å². The van der Waals surface area contributed by atoms with Crippen molar-refractivity contribution in [2.24, 2.45) is 5.92 Å². The fourth-order valence-electron chi connectivity index (χ4n) is 4.09. The highest BCUT2D eigenvalue weighted by Crippen LogP contribution is 2.31. The van der Waals surface area contributed by atoms with Crippen LogP contribution in [0.2, 0.25) is 0 Å². The van der Waals surface area contributed by atoms with E-state index in [-0.39, 0.29) is 0 Å². The van der Waals surface area contributed by atoms with E-state index in [1.807, 2.05) is 12.1 Å². The zero-order chi connectivity index (χ0) is 19.3. The first-order chi connectivity index (χ1) is 13.7. The lowest BCUT2D eigenvalue weighted by atomic mass is 9.90. The molecule has 2 aromatic rings. The minimum Gasteiger partial charge on any atom is -0.497 e. The molecule has 0 N–H and O–H groups in total. The first kappa shape index (κ1) is 19.6. The van der Waals surface area contributed by atoms with Crippen LogP contribution in [-0.4, -0.2) is 44.9 Å². The molecule has 0 aromatic heterocycles. The number of rotatable bonds is 6. The molecule has 150 valence electrons. The molecule has 28 heavy (non-hydrogen) atoms. The monoisotopic (exact) mass is 445 g/mol. The number of ether oxygens (including phenoxy) is 3. The first-order valence-corrected chi connectivity index (χ1v) is 10.9. The standard InChI is InChI=1S/C23H28BrNO3/c1-26-20-3-4-21(24)19(16-20)14-18-7-10-25(11-8-18)9-6-17-2-5-22-23(15-17)28-13-12-27-22/h2-5,15-16,18H,6-14H2,1H3. The molecule has 4 nitrogen and oxygen atoms in total. The van der Waals surface area contributed by atoms with Gasteiger partial charge in [-0.05, 0) is 86.1 Å². The second kappa shape index (κ2) is 9.19. The third kappa shape index (κ3) is 4.81. The lowest BCUT2D eigenvalue weighted by Crippen LogP contribution is -2.35. The highest BCUT2D eigenvalue weighted by atomic mass is 79.9. The third-order valence-corrected chi connectivity index (χ3v) is 6.57. The second-order valence-corrected chi connectivity index (χ2v) is 8.53. The van der Waals surface area contributed by atoms with Crippen molar-refractivity contribution in [1.29, 1.82) is 0 Å². The van der Waals surface area contributed by atoms with Gasteiger partial charge >= 0.3 is 0 Å². The third-order valence-electron chi connectivity index (χ3n) is 5.79. The molecule has 2 heterocycles. The molecular weight excluding hydrogens is 418 g/mol. The van der Waals surface area contributed by atoms with E-state index in [0.717, 1.165) is 42.6 Å². The van der Waals surface area contributed by atoms with Crippen molar-refractivity contribution in [3.8, 4) is 17.2 Å². The van der Waals surface area contributed by atoms with Crippen molar-refractivity contribution in [1.82, 2.24) is 4.90 Å².